The second-order valence-corrected chi connectivity index (χ2v) is 5.46. The van der Waals surface area contributed by atoms with E-state index in [0.29, 0.717) is 15.0 Å². The lowest BCUT2D eigenvalue weighted by Crippen LogP contribution is -2.32. The van der Waals surface area contributed by atoms with Gasteiger partial charge in [-0.15, -0.1) is 21.8 Å². The Morgan fingerprint density at radius 1 is 1.53 bits per heavy atom. The Kier molecular flexibility index (Phi) is 2.62. The van der Waals surface area contributed by atoms with Crippen molar-refractivity contribution in [1.29, 1.82) is 0 Å². The van der Waals surface area contributed by atoms with Gasteiger partial charge < -0.3 is 5.11 Å². The third kappa shape index (κ3) is 1.52. The molecule has 80 valence electrons. The van der Waals surface area contributed by atoms with Crippen LogP contribution in [0.4, 0.5) is 0 Å². The predicted molar refractivity (Wildman–Crippen MR) is 67.5 cm³/mol. The Bertz CT molecular complexity index is 439. The Labute approximate surface area is 106 Å². The van der Waals surface area contributed by atoms with E-state index in [-0.39, 0.29) is 11.7 Å². The van der Waals surface area contributed by atoms with Crippen LogP contribution >= 0.6 is 34.2 Å². The highest BCUT2D eigenvalue weighted by atomic mass is 127. The summed E-state index contributed by atoms with van der Waals surface area (Å²) in [5.41, 5.74) is 0.966. The number of fused-ring (bicyclic) bond motifs is 1. The van der Waals surface area contributed by atoms with Crippen LogP contribution in [0.2, 0.25) is 0 Å². The molecule has 0 saturated heterocycles. The lowest BCUT2D eigenvalue weighted by molar-refractivity contribution is 0.428. The van der Waals surface area contributed by atoms with E-state index in [2.05, 4.69) is 15.4 Å². The van der Waals surface area contributed by atoms with Crippen LogP contribution < -0.4 is 0 Å². The SMILES string of the molecule is CC(C)C1(Cl)C=C2N=NN=C2C(O)=C1I. The van der Waals surface area contributed by atoms with Gasteiger partial charge in [0.15, 0.2) is 11.5 Å². The molecular formula is C9H9ClIN3O. The van der Waals surface area contributed by atoms with Crippen molar-refractivity contribution in [1.82, 2.24) is 0 Å². The highest BCUT2D eigenvalue weighted by molar-refractivity contribution is 14.1. The van der Waals surface area contributed by atoms with Gasteiger partial charge in [0.05, 0.1) is 3.58 Å². The third-order valence-corrected chi connectivity index (χ3v) is 4.95. The summed E-state index contributed by atoms with van der Waals surface area (Å²) in [6.45, 7) is 3.98. The molecule has 0 fully saturated rings. The van der Waals surface area contributed by atoms with Crippen LogP contribution in [0.15, 0.2) is 36.6 Å². The first-order valence-electron chi connectivity index (χ1n) is 4.47. The molecule has 4 nitrogen and oxygen atoms in total. The quantitative estimate of drug-likeness (QED) is 0.577. The van der Waals surface area contributed by atoms with E-state index in [1.165, 1.54) is 0 Å². The van der Waals surface area contributed by atoms with E-state index in [9.17, 15) is 5.11 Å². The van der Waals surface area contributed by atoms with E-state index in [1.54, 1.807) is 6.08 Å². The van der Waals surface area contributed by atoms with Crippen molar-refractivity contribution in [3.8, 4) is 0 Å². The van der Waals surface area contributed by atoms with Gasteiger partial charge in [-0.25, -0.2) is 0 Å². The summed E-state index contributed by atoms with van der Waals surface area (Å²) in [4.78, 5) is -0.706. The molecule has 0 aromatic rings. The van der Waals surface area contributed by atoms with Crippen LogP contribution in [0.1, 0.15) is 13.8 Å². The van der Waals surface area contributed by atoms with Crippen molar-refractivity contribution < 1.29 is 5.11 Å². The number of hydrogen-bond acceptors (Lipinski definition) is 4. The summed E-state index contributed by atoms with van der Waals surface area (Å²) in [6, 6.07) is 0. The molecule has 1 atom stereocenters. The highest BCUT2D eigenvalue weighted by Crippen LogP contribution is 2.45. The highest BCUT2D eigenvalue weighted by Gasteiger charge is 2.41. The number of aliphatic hydroxyl groups excluding tert-OH is 1. The van der Waals surface area contributed by atoms with Crippen molar-refractivity contribution in [2.45, 2.75) is 18.7 Å². The van der Waals surface area contributed by atoms with Gasteiger partial charge in [0.1, 0.15) is 10.6 Å². The molecule has 0 saturated carbocycles. The van der Waals surface area contributed by atoms with E-state index in [4.69, 9.17) is 11.6 Å². The molecule has 0 amide bonds. The van der Waals surface area contributed by atoms with Crippen LogP contribution in [-0.2, 0) is 0 Å². The minimum Gasteiger partial charge on any atom is -0.505 e. The van der Waals surface area contributed by atoms with Crippen LogP contribution in [0.5, 0.6) is 0 Å². The van der Waals surface area contributed by atoms with Gasteiger partial charge in [0.2, 0.25) is 0 Å². The van der Waals surface area contributed by atoms with Crippen LogP contribution in [0.3, 0.4) is 0 Å². The van der Waals surface area contributed by atoms with E-state index >= 15 is 0 Å². The number of rotatable bonds is 1. The second kappa shape index (κ2) is 3.55. The zero-order chi connectivity index (χ0) is 11.2. The first-order chi connectivity index (χ1) is 6.97. The molecule has 0 aromatic heterocycles. The lowest BCUT2D eigenvalue weighted by Gasteiger charge is -2.31. The van der Waals surface area contributed by atoms with Crippen molar-refractivity contribution >= 4 is 39.9 Å². The van der Waals surface area contributed by atoms with E-state index in [1.807, 2.05) is 36.4 Å². The Morgan fingerprint density at radius 3 is 2.80 bits per heavy atom. The third-order valence-electron chi connectivity index (χ3n) is 2.50. The summed E-state index contributed by atoms with van der Waals surface area (Å²) < 4.78 is 0.673. The molecule has 1 heterocycles. The topological polar surface area (TPSA) is 57.3 Å². The minimum absolute atomic E-state index is 0.0850. The summed E-state index contributed by atoms with van der Waals surface area (Å²) in [5.74, 6) is 0.236. The Morgan fingerprint density at radius 2 is 2.20 bits per heavy atom. The molecule has 0 aromatic carbocycles. The maximum Gasteiger partial charge on any atom is 0.157 e. The number of alkyl halides is 1. The van der Waals surface area contributed by atoms with Gasteiger partial charge in [0, 0.05) is 0 Å². The number of allylic oxidation sites excluding steroid dienone is 2. The van der Waals surface area contributed by atoms with Gasteiger partial charge >= 0.3 is 0 Å². The first kappa shape index (κ1) is 11.1. The predicted octanol–water partition coefficient (Wildman–Crippen LogP) is 3.54. The van der Waals surface area contributed by atoms with Crippen LogP contribution in [0.25, 0.3) is 0 Å². The summed E-state index contributed by atoms with van der Waals surface area (Å²) in [5, 5.41) is 21.0. The largest absolute Gasteiger partial charge is 0.505 e. The molecule has 0 radical (unpaired) electrons. The second-order valence-electron chi connectivity index (χ2n) is 3.75. The first-order valence-corrected chi connectivity index (χ1v) is 5.93. The van der Waals surface area contributed by atoms with Gasteiger partial charge in [-0.1, -0.05) is 13.8 Å². The number of aliphatic hydroxyl groups is 1. The number of nitrogens with zero attached hydrogens (tertiary/aromatic N) is 3. The molecule has 1 aliphatic heterocycles. The van der Waals surface area contributed by atoms with Crippen molar-refractivity contribution in [3.63, 3.8) is 0 Å². The normalized spacial score (nSPS) is 29.4. The number of hydrogen-bond donors (Lipinski definition) is 1. The summed E-state index contributed by atoms with van der Waals surface area (Å²) in [6.07, 6.45) is 1.80. The Balaban J connectivity index is 2.58. The maximum atomic E-state index is 9.93. The van der Waals surface area contributed by atoms with Crippen molar-refractivity contribution in [2.24, 2.45) is 21.4 Å². The monoisotopic (exact) mass is 337 g/mol. The minimum atomic E-state index is -0.706. The average molecular weight is 338 g/mol. The van der Waals surface area contributed by atoms with Crippen molar-refractivity contribution in [2.75, 3.05) is 0 Å². The van der Waals surface area contributed by atoms with Crippen LogP contribution in [-0.4, -0.2) is 15.7 Å². The Hall–Kier alpha value is -0.430. The molecule has 0 spiro atoms. The molecule has 6 heteroatoms. The maximum absolute atomic E-state index is 9.93. The molecule has 1 N–H and O–H groups in total. The fourth-order valence-electron chi connectivity index (χ4n) is 1.45. The van der Waals surface area contributed by atoms with Gasteiger partial charge in [-0.05, 0) is 39.8 Å². The van der Waals surface area contributed by atoms with E-state index < -0.39 is 4.87 Å². The molecule has 0 bridgehead atoms. The molecular weight excluding hydrogens is 328 g/mol. The molecule has 1 unspecified atom stereocenters. The zero-order valence-electron chi connectivity index (χ0n) is 8.20. The van der Waals surface area contributed by atoms with Crippen LogP contribution in [0, 0.1) is 5.92 Å². The smallest absolute Gasteiger partial charge is 0.157 e. The summed E-state index contributed by atoms with van der Waals surface area (Å²) in [7, 11) is 0. The summed E-state index contributed by atoms with van der Waals surface area (Å²) >= 11 is 8.51. The zero-order valence-corrected chi connectivity index (χ0v) is 11.1. The fourth-order valence-corrected chi connectivity index (χ4v) is 2.67. The average Bonchev–Trinajstić information content (AvgIpc) is 2.62. The van der Waals surface area contributed by atoms with Crippen molar-refractivity contribution in [3.05, 3.63) is 21.1 Å². The van der Waals surface area contributed by atoms with Gasteiger partial charge in [0.25, 0.3) is 0 Å². The molecule has 2 aliphatic rings. The van der Waals surface area contributed by atoms with Gasteiger partial charge in [-0.2, -0.15) is 0 Å². The molecule has 2 rings (SSSR count). The molecule has 15 heavy (non-hydrogen) atoms. The van der Waals surface area contributed by atoms with E-state index in [0.717, 1.165) is 0 Å². The lowest BCUT2D eigenvalue weighted by atomic mass is 9.88. The molecule has 1 aliphatic carbocycles. The van der Waals surface area contributed by atoms with Gasteiger partial charge in [-0.3, -0.25) is 0 Å². The fraction of sp³-hybridized carbons (Fsp3) is 0.444. The standard InChI is InChI=1S/C9H9ClIN3O/c1-4(2)9(10)3-5-6(13-14-12-5)7(15)8(9)11/h3-4,15H,1-2H3. The number of halogens is 2.